The molecule has 2 aromatic rings. The van der Waals surface area contributed by atoms with Gasteiger partial charge in [-0.2, -0.15) is 0 Å². The smallest absolute Gasteiger partial charge is 0.255 e. The summed E-state index contributed by atoms with van der Waals surface area (Å²) in [5.41, 5.74) is 0.213. The zero-order chi connectivity index (χ0) is 17.9. The highest BCUT2D eigenvalue weighted by Crippen LogP contribution is 2.28. The van der Waals surface area contributed by atoms with E-state index in [0.717, 1.165) is 12.3 Å². The number of rotatable bonds is 5. The fraction of sp³-hybridized carbons (Fsp3) is 0.188. The van der Waals surface area contributed by atoms with Crippen molar-refractivity contribution in [2.24, 2.45) is 0 Å². The fourth-order valence-corrected chi connectivity index (χ4v) is 2.53. The van der Waals surface area contributed by atoms with Crippen LogP contribution in [-0.4, -0.2) is 38.0 Å². The first-order valence-electron chi connectivity index (χ1n) is 6.92. The van der Waals surface area contributed by atoms with Gasteiger partial charge in [-0.3, -0.25) is 4.79 Å². The summed E-state index contributed by atoms with van der Waals surface area (Å²) < 4.78 is 48.9. The van der Waals surface area contributed by atoms with Crippen LogP contribution in [0.2, 0.25) is 0 Å². The molecule has 0 radical (unpaired) electrons. The van der Waals surface area contributed by atoms with Crippen LogP contribution in [0.1, 0.15) is 10.4 Å². The number of carbonyl (C=O) groups excluding carboxylic acids is 1. The van der Waals surface area contributed by atoms with E-state index in [9.17, 15) is 27.1 Å². The van der Waals surface area contributed by atoms with Gasteiger partial charge in [0.05, 0.1) is 11.3 Å². The number of benzene rings is 2. The van der Waals surface area contributed by atoms with E-state index in [1.54, 1.807) is 0 Å². The van der Waals surface area contributed by atoms with Gasteiger partial charge >= 0.3 is 0 Å². The molecule has 0 aliphatic carbocycles. The molecule has 0 saturated carbocycles. The number of amides is 1. The Balaban J connectivity index is 2.26. The van der Waals surface area contributed by atoms with Crippen LogP contribution in [0.3, 0.4) is 0 Å². The number of carbonyl (C=O) groups is 1. The second kappa shape index (κ2) is 6.96. The Morgan fingerprint density at radius 3 is 2.50 bits per heavy atom. The lowest BCUT2D eigenvalue weighted by atomic mass is 10.0. The van der Waals surface area contributed by atoms with E-state index in [-0.39, 0.29) is 34.7 Å². The average molecular weight is 355 g/mol. The topological polar surface area (TPSA) is 83.5 Å². The number of phenols is 1. The van der Waals surface area contributed by atoms with E-state index in [1.807, 2.05) is 0 Å². The van der Waals surface area contributed by atoms with Crippen molar-refractivity contribution in [1.82, 2.24) is 5.32 Å². The van der Waals surface area contributed by atoms with E-state index in [2.05, 4.69) is 5.32 Å². The number of halogens is 2. The monoisotopic (exact) mass is 355 g/mol. The van der Waals surface area contributed by atoms with Crippen LogP contribution < -0.4 is 5.32 Å². The summed E-state index contributed by atoms with van der Waals surface area (Å²) in [5, 5.41) is 12.2. The number of aromatic hydroxyl groups is 1. The highest BCUT2D eigenvalue weighted by molar-refractivity contribution is 7.90. The van der Waals surface area contributed by atoms with Gasteiger partial charge in [0, 0.05) is 24.4 Å². The minimum absolute atomic E-state index is 0.0709. The Bertz CT molecular complexity index is 882. The summed E-state index contributed by atoms with van der Waals surface area (Å²) in [6.45, 7) is -0.119. The standard InChI is InChI=1S/C16H15F2NO4S/c1-24(22,23)7-6-19-16(21)13-8-10(2-5-15(13)20)12-4-3-11(17)9-14(12)18/h2-5,8-9,20H,6-7H2,1H3,(H,19,21). The van der Waals surface area contributed by atoms with Gasteiger partial charge < -0.3 is 10.4 Å². The molecule has 128 valence electrons. The third kappa shape index (κ3) is 4.51. The molecule has 2 aromatic carbocycles. The third-order valence-electron chi connectivity index (χ3n) is 3.24. The number of phenolic OH excluding ortho intramolecular Hbond substituents is 1. The largest absolute Gasteiger partial charge is 0.507 e. The molecule has 0 aliphatic rings. The number of hydrogen-bond acceptors (Lipinski definition) is 4. The normalized spacial score (nSPS) is 11.3. The Morgan fingerprint density at radius 1 is 1.17 bits per heavy atom. The van der Waals surface area contributed by atoms with Gasteiger partial charge in [-0.05, 0) is 29.8 Å². The molecule has 24 heavy (non-hydrogen) atoms. The summed E-state index contributed by atoms with van der Waals surface area (Å²) in [4.78, 5) is 12.1. The molecule has 2 N–H and O–H groups in total. The maximum Gasteiger partial charge on any atom is 0.255 e. The van der Waals surface area contributed by atoms with Crippen molar-refractivity contribution < 1.29 is 27.1 Å². The Morgan fingerprint density at radius 2 is 1.88 bits per heavy atom. The quantitative estimate of drug-likeness (QED) is 0.860. The minimum Gasteiger partial charge on any atom is -0.507 e. The van der Waals surface area contributed by atoms with Crippen LogP contribution in [-0.2, 0) is 9.84 Å². The summed E-state index contributed by atoms with van der Waals surface area (Å²) >= 11 is 0. The van der Waals surface area contributed by atoms with Gasteiger partial charge in [0.25, 0.3) is 5.91 Å². The molecular formula is C16H15F2NO4S. The van der Waals surface area contributed by atoms with Crippen LogP contribution in [0.25, 0.3) is 11.1 Å². The third-order valence-corrected chi connectivity index (χ3v) is 4.19. The Hall–Kier alpha value is -2.48. The predicted octanol–water partition coefficient (Wildman–Crippen LogP) is 2.11. The molecule has 0 atom stereocenters. The summed E-state index contributed by atoms with van der Waals surface area (Å²) in [6, 6.07) is 6.87. The zero-order valence-electron chi connectivity index (χ0n) is 12.7. The number of nitrogens with one attached hydrogen (secondary N) is 1. The van der Waals surface area contributed by atoms with E-state index < -0.39 is 27.4 Å². The van der Waals surface area contributed by atoms with Gasteiger partial charge in [0.15, 0.2) is 0 Å². The first-order chi connectivity index (χ1) is 11.2. The van der Waals surface area contributed by atoms with Gasteiger partial charge in [0.2, 0.25) is 0 Å². The van der Waals surface area contributed by atoms with Crippen LogP contribution in [0.4, 0.5) is 8.78 Å². The lowest BCUT2D eigenvalue weighted by Crippen LogP contribution is -2.28. The molecule has 1 amide bonds. The number of hydrogen-bond donors (Lipinski definition) is 2. The fourth-order valence-electron chi connectivity index (χ4n) is 2.05. The molecule has 0 spiro atoms. The van der Waals surface area contributed by atoms with Crippen LogP contribution >= 0.6 is 0 Å². The minimum atomic E-state index is -3.24. The van der Waals surface area contributed by atoms with Gasteiger partial charge in [-0.1, -0.05) is 6.07 Å². The Labute approximate surface area is 137 Å². The van der Waals surface area contributed by atoms with Crippen LogP contribution in [0.5, 0.6) is 5.75 Å². The second-order valence-electron chi connectivity index (χ2n) is 5.24. The van der Waals surface area contributed by atoms with Gasteiger partial charge in [-0.25, -0.2) is 17.2 Å². The molecule has 0 aromatic heterocycles. The molecule has 8 heteroatoms. The molecule has 0 heterocycles. The van der Waals surface area contributed by atoms with E-state index >= 15 is 0 Å². The van der Waals surface area contributed by atoms with Gasteiger partial charge in [-0.15, -0.1) is 0 Å². The first-order valence-corrected chi connectivity index (χ1v) is 8.98. The molecule has 0 saturated heterocycles. The van der Waals surface area contributed by atoms with Crippen molar-refractivity contribution in [3.63, 3.8) is 0 Å². The van der Waals surface area contributed by atoms with Crippen molar-refractivity contribution in [3.05, 3.63) is 53.6 Å². The molecule has 0 fully saturated rings. The summed E-state index contributed by atoms with van der Waals surface area (Å²) in [7, 11) is -3.24. The van der Waals surface area contributed by atoms with E-state index in [1.165, 1.54) is 24.3 Å². The SMILES string of the molecule is CS(=O)(=O)CCNC(=O)c1cc(-c2ccc(F)cc2F)ccc1O. The highest BCUT2D eigenvalue weighted by Gasteiger charge is 2.15. The van der Waals surface area contributed by atoms with Crippen molar-refractivity contribution in [1.29, 1.82) is 0 Å². The van der Waals surface area contributed by atoms with Crippen molar-refractivity contribution >= 4 is 15.7 Å². The van der Waals surface area contributed by atoms with E-state index in [0.29, 0.717) is 6.07 Å². The molecule has 2 rings (SSSR count). The van der Waals surface area contributed by atoms with Crippen molar-refractivity contribution in [2.45, 2.75) is 0 Å². The summed E-state index contributed by atoms with van der Waals surface area (Å²) in [5.74, 6) is -2.80. The molecule has 0 unspecified atom stereocenters. The predicted molar refractivity (Wildman–Crippen MR) is 85.5 cm³/mol. The van der Waals surface area contributed by atoms with E-state index in [4.69, 9.17) is 0 Å². The lowest BCUT2D eigenvalue weighted by Gasteiger charge is -2.09. The maximum absolute atomic E-state index is 13.8. The molecular weight excluding hydrogens is 340 g/mol. The molecule has 0 bridgehead atoms. The highest BCUT2D eigenvalue weighted by atomic mass is 32.2. The second-order valence-corrected chi connectivity index (χ2v) is 7.50. The van der Waals surface area contributed by atoms with Crippen LogP contribution in [0.15, 0.2) is 36.4 Å². The van der Waals surface area contributed by atoms with Crippen molar-refractivity contribution in [3.8, 4) is 16.9 Å². The molecule has 0 aliphatic heterocycles. The van der Waals surface area contributed by atoms with Crippen molar-refractivity contribution in [2.75, 3.05) is 18.6 Å². The zero-order valence-corrected chi connectivity index (χ0v) is 13.5. The average Bonchev–Trinajstić information content (AvgIpc) is 2.46. The molecule has 5 nitrogen and oxygen atoms in total. The summed E-state index contributed by atoms with van der Waals surface area (Å²) in [6.07, 6.45) is 1.04. The Kier molecular flexibility index (Phi) is 5.18. The lowest BCUT2D eigenvalue weighted by molar-refractivity contribution is 0.0953. The number of sulfone groups is 1. The maximum atomic E-state index is 13.8. The van der Waals surface area contributed by atoms with Gasteiger partial charge in [0.1, 0.15) is 27.2 Å². The van der Waals surface area contributed by atoms with Crippen LogP contribution in [0, 0.1) is 11.6 Å². The first kappa shape index (κ1) is 17.9.